The zero-order valence-corrected chi connectivity index (χ0v) is 10.9. The monoisotopic (exact) mass is 272 g/mol. The average Bonchev–Trinajstić information content (AvgIpc) is 3.08. The zero-order valence-electron chi connectivity index (χ0n) is 10.1. The highest BCUT2D eigenvalue weighted by atomic mass is 32.1. The number of benzene rings is 1. The van der Waals surface area contributed by atoms with Crippen molar-refractivity contribution < 1.29 is 4.79 Å². The lowest BCUT2D eigenvalue weighted by molar-refractivity contribution is 0.0954. The third kappa shape index (κ3) is 2.63. The maximum absolute atomic E-state index is 12.0. The number of carbonyl (C=O) groups is 1. The summed E-state index contributed by atoms with van der Waals surface area (Å²) in [7, 11) is 0. The Morgan fingerprint density at radius 1 is 1.26 bits per heavy atom. The fraction of sp³-hybridized carbons (Fsp3) is 0.154. The highest BCUT2D eigenvalue weighted by Crippen LogP contribution is 2.11. The maximum atomic E-state index is 12.0. The molecule has 0 spiro atoms. The van der Waals surface area contributed by atoms with Crippen LogP contribution in [0.25, 0.3) is 11.0 Å². The smallest absolute Gasteiger partial charge is 0.251 e. The number of carbonyl (C=O) groups excluding carboxylic acids is 1. The Morgan fingerprint density at radius 3 is 3.00 bits per heavy atom. The summed E-state index contributed by atoms with van der Waals surface area (Å²) in [5.74, 6) is -0.0820. The number of nitrogens with one attached hydrogen (secondary N) is 2. The van der Waals surface area contributed by atoms with E-state index in [0.29, 0.717) is 17.6 Å². The number of hydrogen-bond acceptors (Lipinski definition) is 4. The van der Waals surface area contributed by atoms with Crippen LogP contribution in [-0.2, 0) is 6.42 Å². The predicted molar refractivity (Wildman–Crippen MR) is 74.2 cm³/mol. The molecule has 2 aromatic heterocycles. The van der Waals surface area contributed by atoms with Crippen molar-refractivity contribution in [3.8, 4) is 0 Å². The van der Waals surface area contributed by atoms with E-state index in [9.17, 15) is 4.79 Å². The Morgan fingerprint density at radius 2 is 2.16 bits per heavy atom. The minimum atomic E-state index is -0.0820. The van der Waals surface area contributed by atoms with E-state index in [1.807, 2.05) is 11.4 Å². The third-order valence-corrected chi connectivity index (χ3v) is 3.75. The lowest BCUT2D eigenvalue weighted by Crippen LogP contribution is -2.25. The van der Waals surface area contributed by atoms with E-state index in [2.05, 4.69) is 26.8 Å². The van der Waals surface area contributed by atoms with Gasteiger partial charge in [-0.3, -0.25) is 4.79 Å². The molecule has 96 valence electrons. The van der Waals surface area contributed by atoms with Crippen molar-refractivity contribution in [3.63, 3.8) is 0 Å². The van der Waals surface area contributed by atoms with Crippen LogP contribution in [0.2, 0.25) is 0 Å². The van der Waals surface area contributed by atoms with Crippen LogP contribution in [0, 0.1) is 0 Å². The number of fused-ring (bicyclic) bond motifs is 1. The normalized spacial score (nSPS) is 10.7. The molecule has 3 aromatic rings. The summed E-state index contributed by atoms with van der Waals surface area (Å²) in [5.41, 5.74) is 2.06. The standard InChI is InChI=1S/C13H12N4OS/c18-13(14-6-5-10-2-1-7-19-10)9-3-4-11-12(8-9)16-17-15-11/h1-4,7-8H,5-6H2,(H,14,18)(H,15,16,17). The number of nitrogens with zero attached hydrogens (tertiary/aromatic N) is 2. The Balaban J connectivity index is 1.63. The first-order chi connectivity index (χ1) is 9.33. The van der Waals surface area contributed by atoms with Crippen molar-refractivity contribution >= 4 is 28.3 Å². The summed E-state index contributed by atoms with van der Waals surface area (Å²) in [6.45, 7) is 0.635. The third-order valence-electron chi connectivity index (χ3n) is 2.82. The Labute approximate surface area is 113 Å². The molecule has 5 nitrogen and oxygen atoms in total. The first kappa shape index (κ1) is 11.9. The molecule has 0 radical (unpaired) electrons. The van der Waals surface area contributed by atoms with Gasteiger partial charge in [-0.15, -0.1) is 11.3 Å². The number of rotatable bonds is 4. The molecule has 0 saturated heterocycles. The average molecular weight is 272 g/mol. The van der Waals surface area contributed by atoms with E-state index in [4.69, 9.17) is 0 Å². The van der Waals surface area contributed by atoms with Gasteiger partial charge in [0.05, 0.1) is 0 Å². The molecule has 0 saturated carbocycles. The van der Waals surface area contributed by atoms with E-state index in [-0.39, 0.29) is 5.91 Å². The maximum Gasteiger partial charge on any atom is 0.251 e. The topological polar surface area (TPSA) is 70.7 Å². The molecule has 6 heteroatoms. The SMILES string of the molecule is O=C(NCCc1cccs1)c1ccc2n[nH]nc2c1. The van der Waals surface area contributed by atoms with Crippen molar-refractivity contribution in [3.05, 3.63) is 46.2 Å². The Hall–Kier alpha value is -2.21. The highest BCUT2D eigenvalue weighted by molar-refractivity contribution is 7.09. The van der Waals surface area contributed by atoms with Crippen LogP contribution in [0.3, 0.4) is 0 Å². The molecule has 2 N–H and O–H groups in total. The van der Waals surface area contributed by atoms with Gasteiger partial charge in [0.25, 0.3) is 5.91 Å². The van der Waals surface area contributed by atoms with Crippen LogP contribution in [0.15, 0.2) is 35.7 Å². The van der Waals surface area contributed by atoms with Gasteiger partial charge in [-0.2, -0.15) is 15.4 Å². The second-order valence-corrected chi connectivity index (χ2v) is 5.14. The van der Waals surface area contributed by atoms with Gasteiger partial charge in [-0.1, -0.05) is 6.07 Å². The van der Waals surface area contributed by atoms with E-state index in [1.54, 1.807) is 29.5 Å². The lowest BCUT2D eigenvalue weighted by atomic mass is 10.2. The number of amides is 1. The number of aromatic nitrogens is 3. The molecular formula is C13H12N4OS. The van der Waals surface area contributed by atoms with Gasteiger partial charge in [-0.05, 0) is 36.1 Å². The molecule has 1 amide bonds. The molecule has 0 bridgehead atoms. The fourth-order valence-corrected chi connectivity index (χ4v) is 2.55. The number of hydrogen-bond donors (Lipinski definition) is 2. The molecule has 0 aliphatic carbocycles. The molecule has 19 heavy (non-hydrogen) atoms. The van der Waals surface area contributed by atoms with Gasteiger partial charge in [0.2, 0.25) is 0 Å². The molecule has 0 unspecified atom stereocenters. The van der Waals surface area contributed by atoms with Crippen LogP contribution in [0.4, 0.5) is 0 Å². The van der Waals surface area contributed by atoms with Crippen molar-refractivity contribution in [2.75, 3.05) is 6.54 Å². The Kier molecular flexibility index (Phi) is 3.24. The van der Waals surface area contributed by atoms with Crippen LogP contribution in [0.1, 0.15) is 15.2 Å². The van der Waals surface area contributed by atoms with Gasteiger partial charge in [0.15, 0.2) is 0 Å². The van der Waals surface area contributed by atoms with E-state index in [1.165, 1.54) is 4.88 Å². The summed E-state index contributed by atoms with van der Waals surface area (Å²) in [6.07, 6.45) is 0.857. The number of H-pyrrole nitrogens is 1. The molecule has 0 aliphatic rings. The van der Waals surface area contributed by atoms with E-state index >= 15 is 0 Å². The highest BCUT2D eigenvalue weighted by Gasteiger charge is 2.07. The van der Waals surface area contributed by atoms with Gasteiger partial charge in [0, 0.05) is 17.0 Å². The van der Waals surface area contributed by atoms with Crippen LogP contribution >= 0.6 is 11.3 Å². The van der Waals surface area contributed by atoms with E-state index in [0.717, 1.165) is 11.9 Å². The molecule has 2 heterocycles. The first-order valence-corrected chi connectivity index (χ1v) is 6.82. The lowest BCUT2D eigenvalue weighted by Gasteiger charge is -2.04. The molecule has 0 fully saturated rings. The van der Waals surface area contributed by atoms with Crippen molar-refractivity contribution in [1.29, 1.82) is 0 Å². The summed E-state index contributed by atoms with van der Waals surface area (Å²) in [4.78, 5) is 13.2. The molecular weight excluding hydrogens is 260 g/mol. The Bertz CT molecular complexity index is 690. The van der Waals surface area contributed by atoms with Crippen LogP contribution in [0.5, 0.6) is 0 Å². The minimum absolute atomic E-state index is 0.0820. The number of aromatic amines is 1. The van der Waals surface area contributed by atoms with Gasteiger partial charge in [-0.25, -0.2) is 0 Å². The predicted octanol–water partition coefficient (Wildman–Crippen LogP) is 1.99. The molecule has 0 aliphatic heterocycles. The second-order valence-electron chi connectivity index (χ2n) is 4.11. The summed E-state index contributed by atoms with van der Waals surface area (Å²) >= 11 is 1.70. The van der Waals surface area contributed by atoms with Crippen LogP contribution < -0.4 is 5.32 Å². The summed E-state index contributed by atoms with van der Waals surface area (Å²) < 4.78 is 0. The van der Waals surface area contributed by atoms with Crippen molar-refractivity contribution in [1.82, 2.24) is 20.7 Å². The van der Waals surface area contributed by atoms with Gasteiger partial charge in [0.1, 0.15) is 11.0 Å². The summed E-state index contributed by atoms with van der Waals surface area (Å²) in [5, 5.41) is 15.4. The summed E-state index contributed by atoms with van der Waals surface area (Å²) in [6, 6.07) is 9.36. The first-order valence-electron chi connectivity index (χ1n) is 5.94. The fourth-order valence-electron chi connectivity index (χ4n) is 1.84. The molecule has 0 atom stereocenters. The molecule has 1 aromatic carbocycles. The molecule has 3 rings (SSSR count). The quantitative estimate of drug-likeness (QED) is 0.763. The second kappa shape index (κ2) is 5.19. The van der Waals surface area contributed by atoms with Crippen molar-refractivity contribution in [2.24, 2.45) is 0 Å². The van der Waals surface area contributed by atoms with Crippen LogP contribution in [-0.4, -0.2) is 27.9 Å². The number of thiophene rings is 1. The van der Waals surface area contributed by atoms with E-state index < -0.39 is 0 Å². The largest absolute Gasteiger partial charge is 0.352 e. The van der Waals surface area contributed by atoms with Gasteiger partial charge < -0.3 is 5.32 Å². The zero-order chi connectivity index (χ0) is 13.1. The minimum Gasteiger partial charge on any atom is -0.352 e. The van der Waals surface area contributed by atoms with Gasteiger partial charge >= 0.3 is 0 Å². The van der Waals surface area contributed by atoms with Crippen molar-refractivity contribution in [2.45, 2.75) is 6.42 Å².